The summed E-state index contributed by atoms with van der Waals surface area (Å²) >= 11 is 0. The van der Waals surface area contributed by atoms with Crippen LogP contribution in [0.5, 0.6) is 0 Å². The normalized spacial score (nSPS) is 12.9. The van der Waals surface area contributed by atoms with Crippen molar-refractivity contribution in [3.63, 3.8) is 0 Å². The predicted octanol–water partition coefficient (Wildman–Crippen LogP) is 3.26. The van der Waals surface area contributed by atoms with Gasteiger partial charge in [0.2, 0.25) is 0 Å². The third-order valence-corrected chi connectivity index (χ3v) is 3.48. The van der Waals surface area contributed by atoms with Crippen LogP contribution in [-0.2, 0) is 14.9 Å². The second-order valence-electron chi connectivity index (χ2n) is 4.50. The zero-order chi connectivity index (χ0) is 17.0. The van der Waals surface area contributed by atoms with Crippen LogP contribution < -0.4 is 4.72 Å². The molecule has 0 aliphatic rings. The van der Waals surface area contributed by atoms with E-state index in [2.05, 4.69) is 11.7 Å². The lowest BCUT2D eigenvalue weighted by molar-refractivity contribution is -0.0429. The summed E-state index contributed by atoms with van der Waals surface area (Å²) in [4.78, 5) is 4.95. The Morgan fingerprint density at radius 1 is 1.32 bits per heavy atom. The molecule has 0 radical (unpaired) electrons. The number of halogens is 3. The molecule has 0 bridgehead atoms. The van der Waals surface area contributed by atoms with E-state index >= 15 is 0 Å². The van der Waals surface area contributed by atoms with E-state index in [0.29, 0.717) is 5.57 Å². The van der Waals surface area contributed by atoms with Gasteiger partial charge in [-0.25, -0.2) is 0 Å². The van der Waals surface area contributed by atoms with E-state index in [1.807, 2.05) is 0 Å². The lowest BCUT2D eigenvalue weighted by Gasteiger charge is -2.13. The largest absolute Gasteiger partial charge is 0.516 e. The number of hydrogen-bond acceptors (Lipinski definition) is 4. The Morgan fingerprint density at radius 3 is 2.45 bits per heavy atom. The fraction of sp³-hybridized carbons (Fsp3) is 0.308. The Hall–Kier alpha value is -2.03. The van der Waals surface area contributed by atoms with Crippen molar-refractivity contribution in [1.29, 1.82) is 0 Å². The van der Waals surface area contributed by atoms with Gasteiger partial charge in [0.15, 0.2) is 0 Å². The molecule has 0 heterocycles. The average molecular weight is 336 g/mol. The molecule has 0 fully saturated rings. The minimum atomic E-state index is -5.50. The van der Waals surface area contributed by atoms with Crippen LogP contribution >= 0.6 is 0 Å². The molecule has 1 aromatic rings. The number of rotatable bonds is 6. The number of anilines is 1. The zero-order valence-electron chi connectivity index (χ0n) is 11.9. The van der Waals surface area contributed by atoms with Crippen molar-refractivity contribution in [2.75, 3.05) is 11.3 Å². The molecule has 9 heteroatoms. The van der Waals surface area contributed by atoms with Crippen LogP contribution in [0.2, 0.25) is 0 Å². The van der Waals surface area contributed by atoms with Crippen molar-refractivity contribution in [1.82, 2.24) is 0 Å². The molecule has 5 nitrogen and oxygen atoms in total. The van der Waals surface area contributed by atoms with Crippen LogP contribution in [0.25, 0.3) is 0 Å². The van der Waals surface area contributed by atoms with E-state index in [-0.39, 0.29) is 23.6 Å². The van der Waals surface area contributed by atoms with Gasteiger partial charge in [-0.3, -0.25) is 4.72 Å². The molecule has 0 aliphatic carbocycles. The molecule has 0 aromatic heterocycles. The van der Waals surface area contributed by atoms with Gasteiger partial charge in [-0.05, 0) is 25.5 Å². The van der Waals surface area contributed by atoms with Crippen LogP contribution in [0.1, 0.15) is 19.4 Å². The molecule has 0 amide bonds. The van der Waals surface area contributed by atoms with E-state index in [4.69, 9.17) is 4.84 Å². The number of hydrogen-bond donors (Lipinski definition) is 1. The third-order valence-electron chi connectivity index (χ3n) is 2.38. The summed E-state index contributed by atoms with van der Waals surface area (Å²) in [5.41, 5.74) is -4.52. The van der Waals surface area contributed by atoms with E-state index in [1.165, 1.54) is 29.8 Å². The molecular weight excluding hydrogens is 321 g/mol. The Morgan fingerprint density at radius 2 is 1.91 bits per heavy atom. The lowest BCUT2D eigenvalue weighted by atomic mass is 10.1. The van der Waals surface area contributed by atoms with E-state index in [9.17, 15) is 21.6 Å². The molecule has 0 unspecified atom stereocenters. The van der Waals surface area contributed by atoms with Gasteiger partial charge < -0.3 is 4.84 Å². The second-order valence-corrected chi connectivity index (χ2v) is 6.18. The number of nitrogens with zero attached hydrogens (tertiary/aromatic N) is 1. The number of sulfonamides is 1. The van der Waals surface area contributed by atoms with Gasteiger partial charge in [0.05, 0.1) is 11.4 Å². The number of nitrogens with one attached hydrogen (secondary N) is 1. The molecule has 0 saturated carbocycles. The maximum atomic E-state index is 12.4. The molecule has 0 atom stereocenters. The highest BCUT2D eigenvalue weighted by atomic mass is 32.2. The third kappa shape index (κ3) is 4.76. The van der Waals surface area contributed by atoms with Crippen LogP contribution in [-0.4, -0.2) is 26.2 Å². The van der Waals surface area contributed by atoms with Gasteiger partial charge in [0, 0.05) is 5.56 Å². The van der Waals surface area contributed by atoms with E-state index in [1.54, 1.807) is 13.0 Å². The minimum absolute atomic E-state index is 0.147. The monoisotopic (exact) mass is 336 g/mol. The average Bonchev–Trinajstić information content (AvgIpc) is 2.37. The minimum Gasteiger partial charge on any atom is -0.391 e. The molecule has 122 valence electrons. The Bertz CT molecular complexity index is 682. The fourth-order valence-corrected chi connectivity index (χ4v) is 1.96. The highest BCUT2D eigenvalue weighted by molar-refractivity contribution is 7.93. The molecule has 22 heavy (non-hydrogen) atoms. The first kappa shape index (κ1) is 18.0. The molecule has 0 saturated heterocycles. The van der Waals surface area contributed by atoms with Crippen molar-refractivity contribution < 1.29 is 26.4 Å². The first-order valence-corrected chi connectivity index (χ1v) is 7.52. The summed E-state index contributed by atoms with van der Waals surface area (Å²) < 4.78 is 61.1. The zero-order valence-corrected chi connectivity index (χ0v) is 12.8. The number of benzene rings is 1. The van der Waals surface area contributed by atoms with Crippen molar-refractivity contribution in [2.45, 2.75) is 19.4 Å². The van der Waals surface area contributed by atoms with Gasteiger partial charge in [0.1, 0.15) is 6.61 Å². The summed E-state index contributed by atoms with van der Waals surface area (Å²) in [6, 6.07) is 5.58. The van der Waals surface area contributed by atoms with Crippen molar-refractivity contribution in [2.24, 2.45) is 5.16 Å². The summed E-state index contributed by atoms with van der Waals surface area (Å²) in [5, 5.41) is 3.73. The topological polar surface area (TPSA) is 67.8 Å². The highest BCUT2D eigenvalue weighted by Gasteiger charge is 2.46. The standard InChI is InChI=1S/C13H15F3N2O3S/c1-9(2)8-21-17-10(3)11-6-4-5-7-12(11)18-22(19,20)13(14,15)16/h4-7,18H,1,8H2,2-3H3. The number of para-hydroxylation sites is 1. The number of alkyl halides is 3. The van der Waals surface area contributed by atoms with Gasteiger partial charge in [-0.15, -0.1) is 0 Å². The summed E-state index contributed by atoms with van der Waals surface area (Å²) in [6.07, 6.45) is 0. The van der Waals surface area contributed by atoms with Gasteiger partial charge in [-0.1, -0.05) is 29.9 Å². The van der Waals surface area contributed by atoms with Crippen molar-refractivity contribution >= 4 is 21.4 Å². The fourth-order valence-electron chi connectivity index (χ4n) is 1.38. The quantitative estimate of drug-likeness (QED) is 0.492. The Kier molecular flexibility index (Phi) is 5.59. The molecule has 1 aromatic carbocycles. The summed E-state index contributed by atoms with van der Waals surface area (Å²) in [7, 11) is -5.50. The highest BCUT2D eigenvalue weighted by Crippen LogP contribution is 2.27. The molecule has 1 N–H and O–H groups in total. The van der Waals surface area contributed by atoms with Crippen LogP contribution in [0, 0.1) is 0 Å². The number of oxime groups is 1. The van der Waals surface area contributed by atoms with Crippen LogP contribution in [0.4, 0.5) is 18.9 Å². The Balaban J connectivity index is 3.07. The van der Waals surface area contributed by atoms with Gasteiger partial charge >= 0.3 is 15.5 Å². The van der Waals surface area contributed by atoms with Crippen molar-refractivity contribution in [3.05, 3.63) is 42.0 Å². The van der Waals surface area contributed by atoms with Gasteiger partial charge in [-0.2, -0.15) is 21.6 Å². The van der Waals surface area contributed by atoms with E-state index < -0.39 is 15.5 Å². The molecule has 0 spiro atoms. The first-order chi connectivity index (χ1) is 10.0. The molecule has 0 aliphatic heterocycles. The molecule has 1 rings (SSSR count). The summed E-state index contributed by atoms with van der Waals surface area (Å²) in [6.45, 7) is 6.96. The molecular formula is C13H15F3N2O3S. The van der Waals surface area contributed by atoms with Crippen LogP contribution in [0.3, 0.4) is 0 Å². The van der Waals surface area contributed by atoms with E-state index in [0.717, 1.165) is 0 Å². The van der Waals surface area contributed by atoms with Crippen LogP contribution in [0.15, 0.2) is 41.6 Å². The van der Waals surface area contributed by atoms with Crippen molar-refractivity contribution in [3.8, 4) is 0 Å². The Labute approximate surface area is 126 Å². The SMILES string of the molecule is C=C(C)CON=C(C)c1ccccc1NS(=O)(=O)C(F)(F)F. The second kappa shape index (κ2) is 6.82. The maximum Gasteiger partial charge on any atom is 0.516 e. The van der Waals surface area contributed by atoms with Gasteiger partial charge in [0.25, 0.3) is 0 Å². The first-order valence-electron chi connectivity index (χ1n) is 6.04. The lowest BCUT2D eigenvalue weighted by Crippen LogP contribution is -2.30. The summed E-state index contributed by atoms with van der Waals surface area (Å²) in [5.74, 6) is 0. The maximum absolute atomic E-state index is 12.4. The smallest absolute Gasteiger partial charge is 0.391 e. The predicted molar refractivity (Wildman–Crippen MR) is 78.0 cm³/mol.